The minimum absolute atomic E-state index is 0.0225. The summed E-state index contributed by atoms with van der Waals surface area (Å²) in [6, 6.07) is -0.0225. The maximum atomic E-state index is 11.9. The van der Waals surface area contributed by atoms with Crippen molar-refractivity contribution in [3.05, 3.63) is 0 Å². The molecule has 5 nitrogen and oxygen atoms in total. The quantitative estimate of drug-likeness (QED) is 0.805. The molecule has 18 heavy (non-hydrogen) atoms. The number of carbonyl (C=O) groups is 2. The van der Waals surface area contributed by atoms with Crippen LogP contribution in [0.5, 0.6) is 0 Å². The lowest BCUT2D eigenvalue weighted by Gasteiger charge is -2.27. The third-order valence-electron chi connectivity index (χ3n) is 4.14. The van der Waals surface area contributed by atoms with Gasteiger partial charge in [-0.3, -0.25) is 4.79 Å². The van der Waals surface area contributed by atoms with E-state index in [1.807, 2.05) is 4.90 Å². The van der Waals surface area contributed by atoms with E-state index in [-0.39, 0.29) is 17.9 Å². The lowest BCUT2D eigenvalue weighted by Crippen LogP contribution is -2.44. The topological polar surface area (TPSA) is 69.6 Å². The molecule has 0 aromatic rings. The van der Waals surface area contributed by atoms with Crippen molar-refractivity contribution in [2.24, 2.45) is 11.8 Å². The first kappa shape index (κ1) is 13.2. The molecule has 0 aromatic carbocycles. The van der Waals surface area contributed by atoms with Gasteiger partial charge < -0.3 is 15.3 Å². The molecule has 5 heteroatoms. The Morgan fingerprint density at radius 2 is 1.83 bits per heavy atom. The zero-order valence-electron chi connectivity index (χ0n) is 10.7. The second-order valence-corrected chi connectivity index (χ2v) is 5.37. The Labute approximate surface area is 108 Å². The van der Waals surface area contributed by atoms with Crippen molar-refractivity contribution in [2.75, 3.05) is 19.6 Å². The van der Waals surface area contributed by atoms with E-state index in [1.54, 1.807) is 0 Å². The summed E-state index contributed by atoms with van der Waals surface area (Å²) >= 11 is 0. The first-order valence-electron chi connectivity index (χ1n) is 6.94. The number of nitrogens with zero attached hydrogens (tertiary/aromatic N) is 1. The molecular formula is C13H22N2O3. The van der Waals surface area contributed by atoms with Crippen LogP contribution in [0.15, 0.2) is 0 Å². The standard InChI is InChI=1S/C13H22N2O3/c16-12(17)11-6-4-5-10(11)9-14-13(18)15-7-2-1-3-8-15/h10-11H,1-9H2,(H,14,18)(H,16,17). The summed E-state index contributed by atoms with van der Waals surface area (Å²) in [6.07, 6.45) is 5.98. The summed E-state index contributed by atoms with van der Waals surface area (Å²) in [5.41, 5.74) is 0. The van der Waals surface area contributed by atoms with Gasteiger partial charge in [-0.05, 0) is 38.0 Å². The maximum absolute atomic E-state index is 11.9. The van der Waals surface area contributed by atoms with Crippen LogP contribution < -0.4 is 5.32 Å². The van der Waals surface area contributed by atoms with Gasteiger partial charge in [0.2, 0.25) is 0 Å². The third-order valence-corrected chi connectivity index (χ3v) is 4.14. The second kappa shape index (κ2) is 6.07. The smallest absolute Gasteiger partial charge is 0.317 e. The highest BCUT2D eigenvalue weighted by Crippen LogP contribution is 2.31. The molecule has 0 radical (unpaired) electrons. The molecule has 0 aromatic heterocycles. The summed E-state index contributed by atoms with van der Waals surface area (Å²) in [6.45, 7) is 2.17. The van der Waals surface area contributed by atoms with Gasteiger partial charge in [0.1, 0.15) is 0 Å². The number of nitrogens with one attached hydrogen (secondary N) is 1. The summed E-state index contributed by atoms with van der Waals surface area (Å²) in [5.74, 6) is -0.882. The lowest BCUT2D eigenvalue weighted by atomic mass is 9.96. The van der Waals surface area contributed by atoms with Crippen LogP contribution >= 0.6 is 0 Å². The molecule has 102 valence electrons. The molecule has 2 amide bonds. The van der Waals surface area contributed by atoms with Crippen LogP contribution in [0.4, 0.5) is 4.79 Å². The Hall–Kier alpha value is -1.26. The number of carbonyl (C=O) groups excluding carboxylic acids is 1. The molecule has 1 aliphatic carbocycles. The van der Waals surface area contributed by atoms with Gasteiger partial charge in [0, 0.05) is 19.6 Å². The third kappa shape index (κ3) is 3.15. The average molecular weight is 254 g/mol. The molecule has 0 spiro atoms. The van der Waals surface area contributed by atoms with Gasteiger partial charge in [0.05, 0.1) is 5.92 Å². The van der Waals surface area contributed by atoms with Gasteiger partial charge in [0.15, 0.2) is 0 Å². The van der Waals surface area contributed by atoms with Crippen LogP contribution in [0.2, 0.25) is 0 Å². The first-order valence-corrected chi connectivity index (χ1v) is 6.94. The zero-order chi connectivity index (χ0) is 13.0. The molecule has 2 aliphatic rings. The van der Waals surface area contributed by atoms with Gasteiger partial charge in [-0.15, -0.1) is 0 Å². The van der Waals surface area contributed by atoms with E-state index in [0.717, 1.165) is 45.2 Å². The van der Waals surface area contributed by atoms with E-state index in [0.29, 0.717) is 6.54 Å². The molecule has 1 heterocycles. The van der Waals surface area contributed by atoms with E-state index in [2.05, 4.69) is 5.32 Å². The molecule has 2 N–H and O–H groups in total. The number of carboxylic acid groups (broad SMARTS) is 1. The number of amides is 2. The molecule has 2 atom stereocenters. The first-order chi connectivity index (χ1) is 8.68. The Morgan fingerprint density at radius 1 is 1.11 bits per heavy atom. The minimum atomic E-state index is -0.718. The Morgan fingerprint density at radius 3 is 2.50 bits per heavy atom. The molecule has 1 saturated heterocycles. The van der Waals surface area contributed by atoms with Crippen LogP contribution in [0.25, 0.3) is 0 Å². The Balaban J connectivity index is 1.76. The maximum Gasteiger partial charge on any atom is 0.317 e. The monoisotopic (exact) mass is 254 g/mol. The summed E-state index contributed by atoms with van der Waals surface area (Å²) in [7, 11) is 0. The molecule has 1 saturated carbocycles. The van der Waals surface area contributed by atoms with Gasteiger partial charge in [-0.2, -0.15) is 0 Å². The van der Waals surface area contributed by atoms with Crippen molar-refractivity contribution < 1.29 is 14.7 Å². The molecule has 1 aliphatic heterocycles. The number of carboxylic acids is 1. The van der Waals surface area contributed by atoms with Crippen molar-refractivity contribution in [1.82, 2.24) is 10.2 Å². The summed E-state index contributed by atoms with van der Waals surface area (Å²) < 4.78 is 0. The van der Waals surface area contributed by atoms with Crippen LogP contribution in [0, 0.1) is 11.8 Å². The van der Waals surface area contributed by atoms with Crippen LogP contribution in [0.3, 0.4) is 0 Å². The normalized spacial score (nSPS) is 28.1. The summed E-state index contributed by atoms with van der Waals surface area (Å²) in [5, 5.41) is 12.0. The number of likely N-dealkylation sites (tertiary alicyclic amines) is 1. The molecule has 2 unspecified atom stereocenters. The van der Waals surface area contributed by atoms with Gasteiger partial charge in [-0.25, -0.2) is 4.79 Å². The van der Waals surface area contributed by atoms with Gasteiger partial charge >= 0.3 is 12.0 Å². The fourth-order valence-electron chi connectivity index (χ4n) is 3.03. The van der Waals surface area contributed by atoms with Crippen LogP contribution in [-0.4, -0.2) is 41.6 Å². The van der Waals surface area contributed by atoms with Crippen molar-refractivity contribution in [1.29, 1.82) is 0 Å². The number of urea groups is 1. The molecule has 2 fully saturated rings. The van der Waals surface area contributed by atoms with E-state index in [4.69, 9.17) is 5.11 Å². The summed E-state index contributed by atoms with van der Waals surface area (Å²) in [4.78, 5) is 24.8. The molecule has 0 bridgehead atoms. The SMILES string of the molecule is O=C(O)C1CCCC1CNC(=O)N1CCCCC1. The largest absolute Gasteiger partial charge is 0.481 e. The molecule has 2 rings (SSSR count). The number of hydrogen-bond acceptors (Lipinski definition) is 2. The Bertz CT molecular complexity index is 313. The Kier molecular flexibility index (Phi) is 4.44. The van der Waals surface area contributed by atoms with E-state index in [9.17, 15) is 9.59 Å². The van der Waals surface area contributed by atoms with Crippen molar-refractivity contribution >= 4 is 12.0 Å². The van der Waals surface area contributed by atoms with Crippen molar-refractivity contribution in [2.45, 2.75) is 38.5 Å². The van der Waals surface area contributed by atoms with Crippen molar-refractivity contribution in [3.8, 4) is 0 Å². The van der Waals surface area contributed by atoms with Crippen LogP contribution in [0.1, 0.15) is 38.5 Å². The van der Waals surface area contributed by atoms with Gasteiger partial charge in [0.25, 0.3) is 0 Å². The predicted molar refractivity (Wildman–Crippen MR) is 67.3 cm³/mol. The number of hydrogen-bond donors (Lipinski definition) is 2. The van der Waals surface area contributed by atoms with E-state index in [1.165, 1.54) is 6.42 Å². The minimum Gasteiger partial charge on any atom is -0.481 e. The molecular weight excluding hydrogens is 232 g/mol. The number of piperidine rings is 1. The lowest BCUT2D eigenvalue weighted by molar-refractivity contribution is -0.142. The van der Waals surface area contributed by atoms with E-state index >= 15 is 0 Å². The average Bonchev–Trinajstić information content (AvgIpc) is 2.85. The fraction of sp³-hybridized carbons (Fsp3) is 0.846. The van der Waals surface area contributed by atoms with Crippen molar-refractivity contribution in [3.63, 3.8) is 0 Å². The number of rotatable bonds is 3. The highest BCUT2D eigenvalue weighted by atomic mass is 16.4. The predicted octanol–water partition coefficient (Wildman–Crippen LogP) is 1.68. The highest BCUT2D eigenvalue weighted by Gasteiger charge is 2.33. The number of aliphatic carboxylic acids is 1. The second-order valence-electron chi connectivity index (χ2n) is 5.37. The van der Waals surface area contributed by atoms with E-state index < -0.39 is 5.97 Å². The van der Waals surface area contributed by atoms with Gasteiger partial charge in [-0.1, -0.05) is 6.42 Å². The van der Waals surface area contributed by atoms with Crippen LogP contribution in [-0.2, 0) is 4.79 Å². The highest BCUT2D eigenvalue weighted by molar-refractivity contribution is 5.74. The fourth-order valence-corrected chi connectivity index (χ4v) is 3.03. The zero-order valence-corrected chi connectivity index (χ0v) is 10.7.